The standard InChI is InChI=1S/C10H7F3N4O/c1-17-7(5-15-16-17)9(18)6-2-3-14-8(4-6)10(11,12)13/h2-5H,1H3. The predicted octanol–water partition coefficient (Wildman–Crippen LogP) is 1.46. The van der Waals surface area contributed by atoms with Crippen molar-refractivity contribution in [3.63, 3.8) is 0 Å². The first-order valence-corrected chi connectivity index (χ1v) is 4.82. The van der Waals surface area contributed by atoms with Gasteiger partial charge in [0.05, 0.1) is 6.20 Å². The van der Waals surface area contributed by atoms with Gasteiger partial charge in [0.15, 0.2) is 0 Å². The number of carbonyl (C=O) groups excluding carboxylic acids is 1. The summed E-state index contributed by atoms with van der Waals surface area (Å²) in [5, 5.41) is 7.04. The van der Waals surface area contributed by atoms with E-state index in [1.165, 1.54) is 24.0 Å². The zero-order valence-electron chi connectivity index (χ0n) is 9.14. The van der Waals surface area contributed by atoms with Gasteiger partial charge < -0.3 is 0 Å². The van der Waals surface area contributed by atoms with Gasteiger partial charge in [0.1, 0.15) is 11.4 Å². The average molecular weight is 256 g/mol. The van der Waals surface area contributed by atoms with Crippen molar-refractivity contribution < 1.29 is 18.0 Å². The largest absolute Gasteiger partial charge is 0.433 e. The second-order valence-electron chi connectivity index (χ2n) is 3.50. The van der Waals surface area contributed by atoms with Crippen LogP contribution in [0.3, 0.4) is 0 Å². The van der Waals surface area contributed by atoms with Crippen LogP contribution in [0, 0.1) is 0 Å². The molecule has 0 aliphatic heterocycles. The van der Waals surface area contributed by atoms with Gasteiger partial charge in [-0.25, -0.2) is 4.68 Å². The van der Waals surface area contributed by atoms with Gasteiger partial charge in [0.25, 0.3) is 0 Å². The number of rotatable bonds is 2. The third-order valence-electron chi connectivity index (χ3n) is 2.26. The molecule has 2 rings (SSSR count). The molecule has 0 atom stereocenters. The molecule has 8 heteroatoms. The molecule has 0 bridgehead atoms. The number of alkyl halides is 3. The monoisotopic (exact) mass is 256 g/mol. The second kappa shape index (κ2) is 4.21. The van der Waals surface area contributed by atoms with Crippen LogP contribution in [-0.4, -0.2) is 25.8 Å². The maximum Gasteiger partial charge on any atom is 0.433 e. The fourth-order valence-electron chi connectivity index (χ4n) is 1.37. The molecule has 0 saturated carbocycles. The molecule has 0 N–H and O–H groups in total. The number of hydrogen-bond acceptors (Lipinski definition) is 4. The fourth-order valence-corrected chi connectivity index (χ4v) is 1.37. The lowest BCUT2D eigenvalue weighted by atomic mass is 10.1. The summed E-state index contributed by atoms with van der Waals surface area (Å²) in [6, 6.07) is 1.92. The average Bonchev–Trinajstić information content (AvgIpc) is 2.73. The van der Waals surface area contributed by atoms with Gasteiger partial charge in [-0.15, -0.1) is 5.10 Å². The zero-order valence-corrected chi connectivity index (χ0v) is 9.14. The lowest BCUT2D eigenvalue weighted by molar-refractivity contribution is -0.141. The molecule has 2 aromatic rings. The molecule has 0 aromatic carbocycles. The van der Waals surface area contributed by atoms with Crippen LogP contribution in [0.1, 0.15) is 21.7 Å². The Morgan fingerprint density at radius 3 is 2.67 bits per heavy atom. The summed E-state index contributed by atoms with van der Waals surface area (Å²) in [5.41, 5.74) is -1.11. The third kappa shape index (κ3) is 2.22. The minimum absolute atomic E-state index is 0.106. The van der Waals surface area contributed by atoms with E-state index in [-0.39, 0.29) is 11.3 Å². The van der Waals surface area contributed by atoms with E-state index in [1.54, 1.807) is 0 Å². The van der Waals surface area contributed by atoms with Crippen molar-refractivity contribution in [2.75, 3.05) is 0 Å². The topological polar surface area (TPSA) is 60.7 Å². The van der Waals surface area contributed by atoms with Gasteiger partial charge >= 0.3 is 6.18 Å². The quantitative estimate of drug-likeness (QED) is 0.763. The van der Waals surface area contributed by atoms with E-state index in [0.29, 0.717) is 6.07 Å². The third-order valence-corrected chi connectivity index (χ3v) is 2.26. The molecule has 0 aliphatic carbocycles. The van der Waals surface area contributed by atoms with Crippen LogP contribution < -0.4 is 0 Å². The highest BCUT2D eigenvalue weighted by molar-refractivity contribution is 6.07. The summed E-state index contributed by atoms with van der Waals surface area (Å²) in [7, 11) is 1.48. The Balaban J connectivity index is 2.41. The maximum atomic E-state index is 12.4. The van der Waals surface area contributed by atoms with Crippen molar-refractivity contribution in [2.45, 2.75) is 6.18 Å². The van der Waals surface area contributed by atoms with E-state index in [1.807, 2.05) is 0 Å². The Hall–Kier alpha value is -2.25. The molecular weight excluding hydrogens is 249 g/mol. The minimum atomic E-state index is -4.58. The lowest BCUT2D eigenvalue weighted by Crippen LogP contribution is -2.12. The van der Waals surface area contributed by atoms with E-state index in [0.717, 1.165) is 6.20 Å². The first kappa shape index (κ1) is 12.2. The molecule has 0 amide bonds. The maximum absolute atomic E-state index is 12.4. The van der Waals surface area contributed by atoms with Gasteiger partial charge in [-0.3, -0.25) is 9.78 Å². The Kier molecular flexibility index (Phi) is 2.85. The van der Waals surface area contributed by atoms with Crippen LogP contribution in [0.4, 0.5) is 13.2 Å². The van der Waals surface area contributed by atoms with Crippen LogP contribution in [0.25, 0.3) is 0 Å². The number of hydrogen-bond donors (Lipinski definition) is 0. The Labute approximate surface area is 99.3 Å². The first-order valence-electron chi connectivity index (χ1n) is 4.82. The number of nitrogens with zero attached hydrogens (tertiary/aromatic N) is 4. The van der Waals surface area contributed by atoms with Crippen molar-refractivity contribution in [1.82, 2.24) is 20.0 Å². The Morgan fingerprint density at radius 2 is 2.11 bits per heavy atom. The first-order chi connectivity index (χ1) is 8.39. The number of halogens is 3. The van der Waals surface area contributed by atoms with Crippen LogP contribution in [0.5, 0.6) is 0 Å². The predicted molar refractivity (Wildman–Crippen MR) is 53.7 cm³/mol. The normalized spacial score (nSPS) is 11.6. The highest BCUT2D eigenvalue weighted by Crippen LogP contribution is 2.28. The summed E-state index contributed by atoms with van der Waals surface area (Å²) in [5.74, 6) is -0.588. The van der Waals surface area contributed by atoms with Gasteiger partial charge in [-0.2, -0.15) is 13.2 Å². The molecule has 0 radical (unpaired) electrons. The number of carbonyl (C=O) groups is 1. The summed E-state index contributed by atoms with van der Waals surface area (Å²) < 4.78 is 38.5. The van der Waals surface area contributed by atoms with Crippen LogP contribution >= 0.6 is 0 Å². The molecule has 2 heterocycles. The van der Waals surface area contributed by atoms with Gasteiger partial charge in [-0.05, 0) is 12.1 Å². The molecule has 2 aromatic heterocycles. The molecule has 18 heavy (non-hydrogen) atoms. The molecule has 0 spiro atoms. The molecule has 0 saturated heterocycles. The lowest BCUT2D eigenvalue weighted by Gasteiger charge is -2.06. The zero-order chi connectivity index (χ0) is 13.3. The van der Waals surface area contributed by atoms with E-state index in [2.05, 4.69) is 15.3 Å². The SMILES string of the molecule is Cn1nncc1C(=O)c1ccnc(C(F)(F)F)c1. The Bertz CT molecular complexity index is 591. The summed E-state index contributed by atoms with van der Waals surface area (Å²) in [4.78, 5) is 15.1. The second-order valence-corrected chi connectivity index (χ2v) is 3.50. The van der Waals surface area contributed by atoms with Crippen LogP contribution in [0.15, 0.2) is 24.5 Å². The van der Waals surface area contributed by atoms with Crippen molar-refractivity contribution >= 4 is 5.78 Å². The van der Waals surface area contributed by atoms with Crippen molar-refractivity contribution in [1.29, 1.82) is 0 Å². The number of ketones is 1. The summed E-state index contributed by atoms with van der Waals surface area (Å²) in [6.45, 7) is 0. The van der Waals surface area contributed by atoms with Crippen LogP contribution in [0.2, 0.25) is 0 Å². The van der Waals surface area contributed by atoms with Crippen molar-refractivity contribution in [3.05, 3.63) is 41.5 Å². The van der Waals surface area contributed by atoms with Crippen LogP contribution in [-0.2, 0) is 13.2 Å². The highest BCUT2D eigenvalue weighted by Gasteiger charge is 2.33. The molecule has 0 fully saturated rings. The Morgan fingerprint density at radius 1 is 1.39 bits per heavy atom. The van der Waals surface area contributed by atoms with E-state index < -0.39 is 17.7 Å². The number of pyridine rings is 1. The molecular formula is C10H7F3N4O. The van der Waals surface area contributed by atoms with Gasteiger partial charge in [-0.1, -0.05) is 5.21 Å². The molecule has 0 aliphatic rings. The summed E-state index contributed by atoms with van der Waals surface area (Å²) >= 11 is 0. The minimum Gasteiger partial charge on any atom is -0.287 e. The molecule has 5 nitrogen and oxygen atoms in total. The number of aromatic nitrogens is 4. The van der Waals surface area contributed by atoms with Gasteiger partial charge in [0.2, 0.25) is 5.78 Å². The number of aryl methyl sites for hydroxylation is 1. The summed E-state index contributed by atoms with van der Waals surface area (Å²) in [6.07, 6.45) is -2.45. The smallest absolute Gasteiger partial charge is 0.287 e. The van der Waals surface area contributed by atoms with E-state index in [4.69, 9.17) is 0 Å². The van der Waals surface area contributed by atoms with Crippen molar-refractivity contribution in [2.24, 2.45) is 7.05 Å². The molecule has 0 unspecified atom stereocenters. The highest BCUT2D eigenvalue weighted by atomic mass is 19.4. The fraction of sp³-hybridized carbons (Fsp3) is 0.200. The van der Waals surface area contributed by atoms with Gasteiger partial charge in [0, 0.05) is 18.8 Å². The molecule has 94 valence electrons. The van der Waals surface area contributed by atoms with Crippen molar-refractivity contribution in [3.8, 4) is 0 Å². The van der Waals surface area contributed by atoms with E-state index >= 15 is 0 Å². The van der Waals surface area contributed by atoms with E-state index in [9.17, 15) is 18.0 Å².